The van der Waals surface area contributed by atoms with Crippen LogP contribution in [-0.2, 0) is 0 Å². The van der Waals surface area contributed by atoms with E-state index in [4.69, 9.17) is 0 Å². The molecule has 0 radical (unpaired) electrons. The normalized spacial score (nSPS) is 16.4. The van der Waals surface area contributed by atoms with Gasteiger partial charge in [-0.1, -0.05) is 45.9 Å². The van der Waals surface area contributed by atoms with Gasteiger partial charge >= 0.3 is 0 Å². The minimum Gasteiger partial charge on any atom is -0.103 e. The van der Waals surface area contributed by atoms with Gasteiger partial charge in [-0.2, -0.15) is 0 Å². The molecular formula is C13H24. The van der Waals surface area contributed by atoms with Gasteiger partial charge < -0.3 is 0 Å². The fourth-order valence-corrected chi connectivity index (χ4v) is 1.41. The molecule has 2 atom stereocenters. The van der Waals surface area contributed by atoms with Crippen LogP contribution in [0.25, 0.3) is 0 Å². The van der Waals surface area contributed by atoms with E-state index in [0.29, 0.717) is 11.8 Å². The van der Waals surface area contributed by atoms with Crippen LogP contribution in [0.1, 0.15) is 40.5 Å². The summed E-state index contributed by atoms with van der Waals surface area (Å²) in [4.78, 5) is 0. The minimum absolute atomic E-state index is 0.655. The highest BCUT2D eigenvalue weighted by molar-refractivity contribution is 4.87. The van der Waals surface area contributed by atoms with Crippen LogP contribution in [0.5, 0.6) is 0 Å². The standard InChI is InChI=1S/C13H24/c1-6-12(4)10-13(5)9-7-8-11(2)3/h6-8,11-13H,1,9-10H2,2-5H3. The lowest BCUT2D eigenvalue weighted by Gasteiger charge is -2.11. The first-order valence-corrected chi connectivity index (χ1v) is 5.35. The van der Waals surface area contributed by atoms with E-state index < -0.39 is 0 Å². The lowest BCUT2D eigenvalue weighted by molar-refractivity contribution is 0.471. The third-order valence-corrected chi connectivity index (χ3v) is 2.24. The zero-order valence-corrected chi connectivity index (χ0v) is 9.59. The Morgan fingerprint density at radius 1 is 1.15 bits per heavy atom. The van der Waals surface area contributed by atoms with Crippen molar-refractivity contribution >= 4 is 0 Å². The Hall–Kier alpha value is -0.520. The first-order chi connectivity index (χ1) is 6.06. The molecular weight excluding hydrogens is 156 g/mol. The Labute approximate surface area is 83.7 Å². The molecule has 0 aliphatic rings. The van der Waals surface area contributed by atoms with E-state index in [0.717, 1.165) is 5.92 Å². The largest absolute Gasteiger partial charge is 0.103 e. The van der Waals surface area contributed by atoms with Gasteiger partial charge in [-0.3, -0.25) is 0 Å². The van der Waals surface area contributed by atoms with Gasteiger partial charge in [-0.05, 0) is 30.6 Å². The van der Waals surface area contributed by atoms with Crippen molar-refractivity contribution in [3.8, 4) is 0 Å². The topological polar surface area (TPSA) is 0 Å². The van der Waals surface area contributed by atoms with Crippen LogP contribution in [0.15, 0.2) is 24.8 Å². The molecule has 0 N–H and O–H groups in total. The molecule has 0 saturated heterocycles. The van der Waals surface area contributed by atoms with Crippen molar-refractivity contribution in [2.24, 2.45) is 17.8 Å². The smallest absolute Gasteiger partial charge is 0.0262 e. The van der Waals surface area contributed by atoms with Gasteiger partial charge in [-0.25, -0.2) is 0 Å². The molecule has 0 aliphatic heterocycles. The molecule has 0 heterocycles. The molecule has 0 heteroatoms. The summed E-state index contributed by atoms with van der Waals surface area (Å²) >= 11 is 0. The Bertz CT molecular complexity index is 153. The molecule has 0 aromatic heterocycles. The van der Waals surface area contributed by atoms with Crippen LogP contribution >= 0.6 is 0 Å². The Morgan fingerprint density at radius 3 is 2.23 bits per heavy atom. The maximum absolute atomic E-state index is 3.80. The van der Waals surface area contributed by atoms with Crippen LogP contribution in [-0.4, -0.2) is 0 Å². The first-order valence-electron chi connectivity index (χ1n) is 5.35. The molecule has 76 valence electrons. The average molecular weight is 180 g/mol. The van der Waals surface area contributed by atoms with Gasteiger partial charge in [0.05, 0.1) is 0 Å². The van der Waals surface area contributed by atoms with E-state index in [9.17, 15) is 0 Å². The lowest BCUT2D eigenvalue weighted by Crippen LogP contribution is -1.99. The fourth-order valence-electron chi connectivity index (χ4n) is 1.41. The van der Waals surface area contributed by atoms with Crippen molar-refractivity contribution in [2.45, 2.75) is 40.5 Å². The molecule has 0 fully saturated rings. The predicted molar refractivity (Wildman–Crippen MR) is 61.7 cm³/mol. The number of hydrogen-bond acceptors (Lipinski definition) is 0. The van der Waals surface area contributed by atoms with Gasteiger partial charge in [0.25, 0.3) is 0 Å². The zero-order valence-electron chi connectivity index (χ0n) is 9.59. The molecule has 2 unspecified atom stereocenters. The second-order valence-electron chi connectivity index (χ2n) is 4.46. The number of allylic oxidation sites excluding steroid dienone is 3. The van der Waals surface area contributed by atoms with Crippen molar-refractivity contribution in [3.63, 3.8) is 0 Å². The maximum atomic E-state index is 3.80. The average Bonchev–Trinajstić information content (AvgIpc) is 2.03. The highest BCUT2D eigenvalue weighted by Gasteiger charge is 2.03. The molecule has 13 heavy (non-hydrogen) atoms. The Morgan fingerprint density at radius 2 is 1.77 bits per heavy atom. The van der Waals surface area contributed by atoms with E-state index >= 15 is 0 Å². The first kappa shape index (κ1) is 12.5. The van der Waals surface area contributed by atoms with Crippen molar-refractivity contribution in [1.82, 2.24) is 0 Å². The van der Waals surface area contributed by atoms with E-state index in [1.54, 1.807) is 0 Å². The van der Waals surface area contributed by atoms with Gasteiger partial charge in [0.2, 0.25) is 0 Å². The van der Waals surface area contributed by atoms with E-state index in [1.165, 1.54) is 12.8 Å². The second-order valence-corrected chi connectivity index (χ2v) is 4.46. The van der Waals surface area contributed by atoms with Gasteiger partial charge in [0.1, 0.15) is 0 Å². The van der Waals surface area contributed by atoms with E-state index in [2.05, 4.69) is 46.4 Å². The molecule has 0 aromatic carbocycles. The second kappa shape index (κ2) is 6.94. The maximum Gasteiger partial charge on any atom is -0.0262 e. The summed E-state index contributed by atoms with van der Waals surface area (Å²) in [6.07, 6.45) is 9.10. The van der Waals surface area contributed by atoms with Crippen LogP contribution in [0, 0.1) is 17.8 Å². The molecule has 0 aliphatic carbocycles. The van der Waals surface area contributed by atoms with Gasteiger partial charge in [-0.15, -0.1) is 6.58 Å². The SMILES string of the molecule is C=CC(C)CC(C)CC=CC(C)C. The fraction of sp³-hybridized carbons (Fsp3) is 0.692. The number of rotatable bonds is 6. The highest BCUT2D eigenvalue weighted by Crippen LogP contribution is 2.16. The highest BCUT2D eigenvalue weighted by atomic mass is 14.1. The molecule has 0 saturated carbocycles. The number of hydrogen-bond donors (Lipinski definition) is 0. The third kappa shape index (κ3) is 7.83. The van der Waals surface area contributed by atoms with Crippen LogP contribution in [0.4, 0.5) is 0 Å². The predicted octanol–water partition coefficient (Wildman–Crippen LogP) is 4.44. The summed E-state index contributed by atoms with van der Waals surface area (Å²) in [7, 11) is 0. The van der Waals surface area contributed by atoms with Crippen molar-refractivity contribution < 1.29 is 0 Å². The summed E-state index contributed by atoms with van der Waals surface area (Å²) in [6, 6.07) is 0. The Kier molecular flexibility index (Phi) is 6.66. The van der Waals surface area contributed by atoms with Crippen LogP contribution in [0.3, 0.4) is 0 Å². The lowest BCUT2D eigenvalue weighted by atomic mass is 9.94. The molecule has 0 rings (SSSR count). The summed E-state index contributed by atoms with van der Waals surface area (Å²) in [5, 5.41) is 0. The molecule has 0 aromatic rings. The monoisotopic (exact) mass is 180 g/mol. The summed E-state index contributed by atoms with van der Waals surface area (Å²) in [6.45, 7) is 12.8. The third-order valence-electron chi connectivity index (χ3n) is 2.24. The molecule has 0 spiro atoms. The molecule has 0 amide bonds. The minimum atomic E-state index is 0.655. The van der Waals surface area contributed by atoms with Gasteiger partial charge in [0.15, 0.2) is 0 Å². The molecule has 0 nitrogen and oxygen atoms in total. The van der Waals surface area contributed by atoms with Gasteiger partial charge in [0, 0.05) is 0 Å². The van der Waals surface area contributed by atoms with Crippen molar-refractivity contribution in [3.05, 3.63) is 24.8 Å². The Balaban J connectivity index is 3.62. The quantitative estimate of drug-likeness (QED) is 0.530. The van der Waals surface area contributed by atoms with Crippen molar-refractivity contribution in [2.75, 3.05) is 0 Å². The van der Waals surface area contributed by atoms with E-state index in [-0.39, 0.29) is 0 Å². The zero-order chi connectivity index (χ0) is 10.3. The van der Waals surface area contributed by atoms with Crippen molar-refractivity contribution in [1.29, 1.82) is 0 Å². The van der Waals surface area contributed by atoms with Crippen LogP contribution in [0.2, 0.25) is 0 Å². The van der Waals surface area contributed by atoms with Crippen LogP contribution < -0.4 is 0 Å². The molecule has 0 bridgehead atoms. The summed E-state index contributed by atoms with van der Waals surface area (Å²) in [5.74, 6) is 2.12. The summed E-state index contributed by atoms with van der Waals surface area (Å²) in [5.41, 5.74) is 0. The van der Waals surface area contributed by atoms with E-state index in [1.807, 2.05) is 6.08 Å². The summed E-state index contributed by atoms with van der Waals surface area (Å²) < 4.78 is 0.